The Kier molecular flexibility index (Phi) is 3.93. The highest BCUT2D eigenvalue weighted by molar-refractivity contribution is 5.43. The predicted octanol–water partition coefficient (Wildman–Crippen LogP) is 2.88. The molecule has 1 aromatic heterocycles. The maximum atomic E-state index is 5.73. The molecule has 0 atom stereocenters. The Labute approximate surface area is 86.5 Å². The van der Waals surface area contributed by atoms with Gasteiger partial charge in [0.25, 0.3) is 0 Å². The van der Waals surface area contributed by atoms with E-state index in [1.54, 1.807) is 0 Å². The van der Waals surface area contributed by atoms with Gasteiger partial charge in [-0.15, -0.1) is 0 Å². The van der Waals surface area contributed by atoms with Crippen molar-refractivity contribution in [3.63, 3.8) is 0 Å². The number of aryl methyl sites for hydroxylation is 3. The van der Waals surface area contributed by atoms with E-state index in [-0.39, 0.29) is 0 Å². The molecule has 0 aromatic carbocycles. The highest BCUT2D eigenvalue weighted by Gasteiger charge is 2.11. The second kappa shape index (κ2) is 4.99. The fraction of sp³-hybridized carbons (Fsp3) is 0.583. The summed E-state index contributed by atoms with van der Waals surface area (Å²) in [5.41, 5.74) is 9.49. The van der Waals surface area contributed by atoms with E-state index in [2.05, 4.69) is 11.1 Å². The Morgan fingerprint density at radius 2 is 1.86 bits per heavy atom. The van der Waals surface area contributed by atoms with Crippen molar-refractivity contribution in [1.29, 1.82) is 0 Å². The van der Waals surface area contributed by atoms with Crippen LogP contribution < -0.4 is 5.73 Å². The maximum Gasteiger partial charge on any atom is 0.126 e. The van der Waals surface area contributed by atoms with Crippen LogP contribution in [0.15, 0.2) is 6.07 Å². The number of hydrogen-bond acceptors (Lipinski definition) is 2. The highest BCUT2D eigenvalue weighted by atomic mass is 14.8. The Bertz CT molecular complexity index is 274. The molecule has 2 heteroatoms. The van der Waals surface area contributed by atoms with E-state index in [0.717, 1.165) is 12.0 Å². The van der Waals surface area contributed by atoms with Gasteiger partial charge < -0.3 is 5.73 Å². The molecular weight excluding hydrogens is 172 g/mol. The maximum absolute atomic E-state index is 5.73. The van der Waals surface area contributed by atoms with Gasteiger partial charge in [-0.05, 0) is 43.7 Å². The molecule has 1 heterocycles. The Morgan fingerprint density at radius 1 is 1.21 bits per heavy atom. The van der Waals surface area contributed by atoms with Crippen LogP contribution >= 0.6 is 0 Å². The normalized spacial score (nSPS) is 13.9. The van der Waals surface area contributed by atoms with Crippen molar-refractivity contribution in [2.75, 3.05) is 5.73 Å². The first-order chi connectivity index (χ1) is 6.77. The van der Waals surface area contributed by atoms with E-state index in [1.807, 2.05) is 20.8 Å². The van der Waals surface area contributed by atoms with Crippen LogP contribution in [0.4, 0.5) is 5.82 Å². The molecule has 1 aliphatic rings. The zero-order valence-electron chi connectivity index (χ0n) is 9.43. The molecule has 1 aliphatic carbocycles. The van der Waals surface area contributed by atoms with Gasteiger partial charge in [0.1, 0.15) is 5.82 Å². The quantitative estimate of drug-likeness (QED) is 0.686. The predicted molar refractivity (Wildman–Crippen MR) is 61.4 cm³/mol. The van der Waals surface area contributed by atoms with Crippen molar-refractivity contribution in [1.82, 2.24) is 4.98 Å². The summed E-state index contributed by atoms with van der Waals surface area (Å²) in [5, 5.41) is 0. The summed E-state index contributed by atoms with van der Waals surface area (Å²) in [6.07, 6.45) is 4.86. The molecule has 0 amide bonds. The lowest BCUT2D eigenvalue weighted by atomic mass is 9.95. The number of fused-ring (bicyclic) bond motifs is 1. The third-order valence-corrected chi connectivity index (χ3v) is 2.53. The first-order valence-electron chi connectivity index (χ1n) is 5.52. The number of aromatic nitrogens is 1. The van der Waals surface area contributed by atoms with E-state index in [9.17, 15) is 0 Å². The molecule has 0 unspecified atom stereocenters. The lowest BCUT2D eigenvalue weighted by Gasteiger charge is -2.15. The molecule has 0 bridgehead atoms. The van der Waals surface area contributed by atoms with E-state index in [4.69, 9.17) is 5.73 Å². The summed E-state index contributed by atoms with van der Waals surface area (Å²) in [6, 6.07) is 2.19. The summed E-state index contributed by atoms with van der Waals surface area (Å²) in [4.78, 5) is 4.39. The third kappa shape index (κ3) is 2.25. The number of nitrogen functional groups attached to an aromatic ring is 1. The first kappa shape index (κ1) is 11.0. The largest absolute Gasteiger partial charge is 0.383 e. The monoisotopic (exact) mass is 192 g/mol. The second-order valence-electron chi connectivity index (χ2n) is 3.50. The molecule has 0 fully saturated rings. The van der Waals surface area contributed by atoms with Crippen LogP contribution in [0.5, 0.6) is 0 Å². The summed E-state index contributed by atoms with van der Waals surface area (Å²) in [5.74, 6) is 0.704. The van der Waals surface area contributed by atoms with Gasteiger partial charge in [0, 0.05) is 5.69 Å². The van der Waals surface area contributed by atoms with Crippen molar-refractivity contribution in [3.05, 3.63) is 22.9 Å². The molecule has 0 saturated heterocycles. The highest BCUT2D eigenvalue weighted by Crippen LogP contribution is 2.22. The van der Waals surface area contributed by atoms with Crippen molar-refractivity contribution >= 4 is 5.82 Å². The fourth-order valence-electron chi connectivity index (χ4n) is 1.76. The van der Waals surface area contributed by atoms with Crippen LogP contribution in [-0.2, 0) is 12.8 Å². The number of anilines is 1. The van der Waals surface area contributed by atoms with Gasteiger partial charge >= 0.3 is 0 Å². The van der Waals surface area contributed by atoms with Gasteiger partial charge in [-0.2, -0.15) is 0 Å². The van der Waals surface area contributed by atoms with Crippen LogP contribution in [0.25, 0.3) is 0 Å². The topological polar surface area (TPSA) is 38.9 Å². The van der Waals surface area contributed by atoms with Crippen LogP contribution in [-0.4, -0.2) is 4.98 Å². The Morgan fingerprint density at radius 3 is 2.57 bits per heavy atom. The molecule has 14 heavy (non-hydrogen) atoms. The molecule has 1 aromatic rings. The van der Waals surface area contributed by atoms with Crippen molar-refractivity contribution < 1.29 is 0 Å². The lowest BCUT2D eigenvalue weighted by Crippen LogP contribution is -2.08. The summed E-state index contributed by atoms with van der Waals surface area (Å²) in [7, 11) is 0. The standard InChI is InChI=1S/C10H14N2.C2H6/c1-7-6-8-4-2-3-5-9(8)12-10(7)11;1-2/h6H,2-5H2,1H3,(H2,11,12);1-2H3. The molecular formula is C12H20N2. The zero-order valence-corrected chi connectivity index (χ0v) is 9.43. The number of nitrogens with zero attached hydrogens (tertiary/aromatic N) is 1. The molecule has 0 radical (unpaired) electrons. The van der Waals surface area contributed by atoms with Crippen molar-refractivity contribution in [3.8, 4) is 0 Å². The van der Waals surface area contributed by atoms with E-state index in [0.29, 0.717) is 5.82 Å². The van der Waals surface area contributed by atoms with Crippen LogP contribution in [0, 0.1) is 6.92 Å². The van der Waals surface area contributed by atoms with Gasteiger partial charge in [-0.25, -0.2) is 4.98 Å². The number of hydrogen-bond donors (Lipinski definition) is 1. The molecule has 2 nitrogen and oxygen atoms in total. The second-order valence-corrected chi connectivity index (χ2v) is 3.50. The average Bonchev–Trinajstić information content (AvgIpc) is 2.23. The molecule has 0 saturated carbocycles. The number of pyridine rings is 1. The van der Waals surface area contributed by atoms with Gasteiger partial charge in [-0.3, -0.25) is 0 Å². The fourth-order valence-corrected chi connectivity index (χ4v) is 1.76. The van der Waals surface area contributed by atoms with Gasteiger partial charge in [-0.1, -0.05) is 19.9 Å². The molecule has 78 valence electrons. The molecule has 2 N–H and O–H groups in total. The van der Waals surface area contributed by atoms with Gasteiger partial charge in [0.05, 0.1) is 0 Å². The van der Waals surface area contributed by atoms with Gasteiger partial charge in [0.2, 0.25) is 0 Å². The minimum absolute atomic E-state index is 0.704. The van der Waals surface area contributed by atoms with Crippen LogP contribution in [0.2, 0.25) is 0 Å². The number of rotatable bonds is 0. The lowest BCUT2D eigenvalue weighted by molar-refractivity contribution is 0.668. The average molecular weight is 192 g/mol. The Balaban J connectivity index is 0.000000461. The SMILES string of the molecule is CC.Cc1cc2c(nc1N)CCCC2. The summed E-state index contributed by atoms with van der Waals surface area (Å²) < 4.78 is 0. The van der Waals surface area contributed by atoms with E-state index in [1.165, 1.54) is 30.5 Å². The van der Waals surface area contributed by atoms with Crippen LogP contribution in [0.3, 0.4) is 0 Å². The Hall–Kier alpha value is -1.05. The van der Waals surface area contributed by atoms with Crippen molar-refractivity contribution in [2.24, 2.45) is 0 Å². The molecule has 0 spiro atoms. The minimum atomic E-state index is 0.704. The van der Waals surface area contributed by atoms with E-state index < -0.39 is 0 Å². The van der Waals surface area contributed by atoms with Gasteiger partial charge in [0.15, 0.2) is 0 Å². The summed E-state index contributed by atoms with van der Waals surface area (Å²) >= 11 is 0. The van der Waals surface area contributed by atoms with Crippen LogP contribution in [0.1, 0.15) is 43.5 Å². The van der Waals surface area contributed by atoms with E-state index >= 15 is 0 Å². The first-order valence-corrected chi connectivity index (χ1v) is 5.52. The zero-order chi connectivity index (χ0) is 10.6. The minimum Gasteiger partial charge on any atom is -0.383 e. The summed E-state index contributed by atoms with van der Waals surface area (Å²) in [6.45, 7) is 6.03. The third-order valence-electron chi connectivity index (χ3n) is 2.53. The number of nitrogens with two attached hydrogens (primary N) is 1. The molecule has 2 rings (SSSR count). The smallest absolute Gasteiger partial charge is 0.126 e. The molecule has 0 aliphatic heterocycles. The van der Waals surface area contributed by atoms with Crippen molar-refractivity contribution in [2.45, 2.75) is 46.5 Å².